The van der Waals surface area contributed by atoms with Crippen LogP contribution in [0.1, 0.15) is 36.8 Å². The molecular formula is C12H16FN. The Morgan fingerprint density at radius 1 is 1.29 bits per heavy atom. The number of halogens is 1. The largest absolute Gasteiger partial charge is 0.321 e. The normalized spacial score (nSPS) is 19.9. The van der Waals surface area contributed by atoms with Crippen LogP contribution in [0.3, 0.4) is 0 Å². The molecular weight excluding hydrogens is 177 g/mol. The average Bonchev–Trinajstić information content (AvgIpc) is 2.58. The van der Waals surface area contributed by atoms with Gasteiger partial charge >= 0.3 is 0 Å². The maximum absolute atomic E-state index is 13.3. The molecule has 1 aromatic rings. The molecule has 76 valence electrons. The second-order valence-electron chi connectivity index (χ2n) is 4.28. The summed E-state index contributed by atoms with van der Waals surface area (Å²) in [6.45, 7) is 1.82. The van der Waals surface area contributed by atoms with Crippen molar-refractivity contribution in [1.82, 2.24) is 0 Å². The van der Waals surface area contributed by atoms with Crippen molar-refractivity contribution < 1.29 is 4.39 Å². The Bertz CT molecular complexity index is 340. The van der Waals surface area contributed by atoms with E-state index in [9.17, 15) is 4.39 Å². The highest BCUT2D eigenvalue weighted by molar-refractivity contribution is 5.34. The highest BCUT2D eigenvalue weighted by atomic mass is 19.1. The summed E-state index contributed by atoms with van der Waals surface area (Å²) in [7, 11) is 0. The molecule has 1 aliphatic carbocycles. The van der Waals surface area contributed by atoms with Gasteiger partial charge in [-0.05, 0) is 37.0 Å². The molecule has 0 unspecified atom stereocenters. The lowest BCUT2D eigenvalue weighted by Crippen LogP contribution is -2.34. The van der Waals surface area contributed by atoms with E-state index in [1.807, 2.05) is 13.0 Å². The van der Waals surface area contributed by atoms with Gasteiger partial charge in [-0.25, -0.2) is 4.39 Å². The molecule has 1 aliphatic rings. The molecule has 0 spiro atoms. The number of benzene rings is 1. The molecule has 0 aromatic heterocycles. The van der Waals surface area contributed by atoms with Crippen molar-refractivity contribution in [3.63, 3.8) is 0 Å². The van der Waals surface area contributed by atoms with Crippen LogP contribution in [-0.2, 0) is 5.54 Å². The van der Waals surface area contributed by atoms with Gasteiger partial charge in [0.1, 0.15) is 5.82 Å². The molecule has 1 aromatic carbocycles. The summed E-state index contributed by atoms with van der Waals surface area (Å²) in [5, 5.41) is 0. The second-order valence-corrected chi connectivity index (χ2v) is 4.28. The Kier molecular flexibility index (Phi) is 2.31. The first-order chi connectivity index (χ1) is 6.63. The quantitative estimate of drug-likeness (QED) is 0.729. The summed E-state index contributed by atoms with van der Waals surface area (Å²) < 4.78 is 13.3. The standard InChI is InChI=1S/C12H16FN/c1-9-10(5-4-6-11(9)13)12(14)7-2-3-8-12/h4-6H,2-3,7-8,14H2,1H3. The minimum atomic E-state index is -0.272. The fourth-order valence-corrected chi connectivity index (χ4v) is 2.42. The van der Waals surface area contributed by atoms with Gasteiger partial charge < -0.3 is 5.73 Å². The molecule has 0 saturated heterocycles. The maximum Gasteiger partial charge on any atom is 0.126 e. The van der Waals surface area contributed by atoms with Crippen LogP contribution in [-0.4, -0.2) is 0 Å². The molecule has 2 heteroatoms. The van der Waals surface area contributed by atoms with Gasteiger partial charge in [0.2, 0.25) is 0 Å². The molecule has 2 rings (SSSR count). The summed E-state index contributed by atoms with van der Waals surface area (Å²) in [6, 6.07) is 5.21. The van der Waals surface area contributed by atoms with Gasteiger partial charge in [-0.2, -0.15) is 0 Å². The van der Waals surface area contributed by atoms with E-state index in [2.05, 4.69) is 0 Å². The summed E-state index contributed by atoms with van der Waals surface area (Å²) in [6.07, 6.45) is 4.29. The zero-order valence-electron chi connectivity index (χ0n) is 8.52. The van der Waals surface area contributed by atoms with Crippen LogP contribution < -0.4 is 5.73 Å². The lowest BCUT2D eigenvalue weighted by Gasteiger charge is -2.26. The molecule has 0 heterocycles. The van der Waals surface area contributed by atoms with E-state index in [1.54, 1.807) is 6.07 Å². The van der Waals surface area contributed by atoms with Crippen molar-refractivity contribution in [2.75, 3.05) is 0 Å². The summed E-state index contributed by atoms with van der Waals surface area (Å²) >= 11 is 0. The van der Waals surface area contributed by atoms with E-state index < -0.39 is 0 Å². The monoisotopic (exact) mass is 193 g/mol. The van der Waals surface area contributed by atoms with Crippen LogP contribution in [0, 0.1) is 12.7 Å². The molecule has 0 aliphatic heterocycles. The van der Waals surface area contributed by atoms with Gasteiger partial charge in [0, 0.05) is 5.54 Å². The molecule has 0 atom stereocenters. The second kappa shape index (κ2) is 3.35. The third-order valence-electron chi connectivity index (χ3n) is 3.30. The smallest absolute Gasteiger partial charge is 0.126 e. The SMILES string of the molecule is Cc1c(F)cccc1C1(N)CCCC1. The van der Waals surface area contributed by atoms with E-state index >= 15 is 0 Å². The fraction of sp³-hybridized carbons (Fsp3) is 0.500. The predicted octanol–water partition coefficient (Wildman–Crippen LogP) is 2.86. The maximum atomic E-state index is 13.3. The van der Waals surface area contributed by atoms with Crippen LogP contribution in [0.2, 0.25) is 0 Å². The number of hydrogen-bond acceptors (Lipinski definition) is 1. The topological polar surface area (TPSA) is 26.0 Å². The molecule has 2 N–H and O–H groups in total. The van der Waals surface area contributed by atoms with Crippen molar-refractivity contribution >= 4 is 0 Å². The fourth-order valence-electron chi connectivity index (χ4n) is 2.42. The highest BCUT2D eigenvalue weighted by Gasteiger charge is 2.32. The third-order valence-corrected chi connectivity index (χ3v) is 3.30. The van der Waals surface area contributed by atoms with Gasteiger partial charge in [0.15, 0.2) is 0 Å². The lowest BCUT2D eigenvalue weighted by atomic mass is 9.86. The molecule has 0 amide bonds. The van der Waals surface area contributed by atoms with Gasteiger partial charge in [-0.15, -0.1) is 0 Å². The van der Waals surface area contributed by atoms with Crippen molar-refractivity contribution in [3.8, 4) is 0 Å². The highest BCUT2D eigenvalue weighted by Crippen LogP contribution is 2.38. The van der Waals surface area contributed by atoms with Gasteiger partial charge in [-0.1, -0.05) is 25.0 Å². The van der Waals surface area contributed by atoms with E-state index in [0.29, 0.717) is 0 Å². The van der Waals surface area contributed by atoms with Crippen molar-refractivity contribution in [2.24, 2.45) is 5.73 Å². The first kappa shape index (κ1) is 9.66. The Hall–Kier alpha value is -0.890. The Morgan fingerprint density at radius 2 is 1.93 bits per heavy atom. The van der Waals surface area contributed by atoms with Crippen molar-refractivity contribution in [2.45, 2.75) is 38.1 Å². The Morgan fingerprint density at radius 3 is 2.57 bits per heavy atom. The minimum absolute atomic E-state index is 0.140. The summed E-state index contributed by atoms with van der Waals surface area (Å²) in [5.41, 5.74) is 7.73. The first-order valence-corrected chi connectivity index (χ1v) is 5.18. The minimum Gasteiger partial charge on any atom is -0.321 e. The van der Waals surface area contributed by atoms with Crippen LogP contribution in [0.25, 0.3) is 0 Å². The Labute approximate surface area is 84.1 Å². The van der Waals surface area contributed by atoms with Gasteiger partial charge in [0.05, 0.1) is 0 Å². The molecule has 1 saturated carbocycles. The number of nitrogens with two attached hydrogens (primary N) is 1. The van der Waals surface area contributed by atoms with Crippen molar-refractivity contribution in [1.29, 1.82) is 0 Å². The first-order valence-electron chi connectivity index (χ1n) is 5.18. The summed E-state index contributed by atoms with van der Waals surface area (Å²) in [5.74, 6) is -0.140. The van der Waals surface area contributed by atoms with E-state index in [1.165, 1.54) is 6.07 Å². The third kappa shape index (κ3) is 1.44. The average molecular weight is 193 g/mol. The van der Waals surface area contributed by atoms with Gasteiger partial charge in [-0.3, -0.25) is 0 Å². The lowest BCUT2D eigenvalue weighted by molar-refractivity contribution is 0.454. The molecule has 0 radical (unpaired) electrons. The van der Waals surface area contributed by atoms with Crippen LogP contribution >= 0.6 is 0 Å². The van der Waals surface area contributed by atoms with E-state index in [-0.39, 0.29) is 11.4 Å². The number of hydrogen-bond donors (Lipinski definition) is 1. The van der Waals surface area contributed by atoms with Crippen LogP contribution in [0.4, 0.5) is 4.39 Å². The Balaban J connectivity index is 2.45. The van der Waals surface area contributed by atoms with E-state index in [4.69, 9.17) is 5.73 Å². The van der Waals surface area contributed by atoms with Gasteiger partial charge in [0.25, 0.3) is 0 Å². The zero-order valence-corrected chi connectivity index (χ0v) is 8.52. The van der Waals surface area contributed by atoms with E-state index in [0.717, 1.165) is 36.8 Å². The zero-order chi connectivity index (χ0) is 10.2. The van der Waals surface area contributed by atoms with Crippen molar-refractivity contribution in [3.05, 3.63) is 35.1 Å². The number of rotatable bonds is 1. The summed E-state index contributed by atoms with van der Waals surface area (Å²) in [4.78, 5) is 0. The molecule has 1 nitrogen and oxygen atoms in total. The predicted molar refractivity (Wildman–Crippen MR) is 55.5 cm³/mol. The van der Waals surface area contributed by atoms with Crippen LogP contribution in [0.5, 0.6) is 0 Å². The molecule has 14 heavy (non-hydrogen) atoms. The molecule has 1 fully saturated rings. The van der Waals surface area contributed by atoms with Crippen LogP contribution in [0.15, 0.2) is 18.2 Å². The molecule has 0 bridgehead atoms.